The Hall–Kier alpha value is -3.88. The smallest absolute Gasteiger partial charge is 0.269 e. The third kappa shape index (κ3) is 3.82. The molecule has 0 unspecified atom stereocenters. The third-order valence-electron chi connectivity index (χ3n) is 4.86. The number of hydrogen-bond acceptors (Lipinski definition) is 6. The molecule has 0 saturated carbocycles. The summed E-state index contributed by atoms with van der Waals surface area (Å²) < 4.78 is 12.7. The number of nitro benzene ring substituents is 1. The van der Waals surface area contributed by atoms with Crippen molar-refractivity contribution in [1.29, 1.82) is 0 Å². The van der Waals surface area contributed by atoms with Gasteiger partial charge in [-0.25, -0.2) is 4.68 Å². The summed E-state index contributed by atoms with van der Waals surface area (Å²) >= 11 is 0. The number of amides is 1. The summed E-state index contributed by atoms with van der Waals surface area (Å²) in [5.74, 6) is 1.06. The number of rotatable bonds is 5. The van der Waals surface area contributed by atoms with Crippen LogP contribution < -0.4 is 14.8 Å². The fourth-order valence-corrected chi connectivity index (χ4v) is 3.17. The van der Waals surface area contributed by atoms with Crippen LogP contribution in [0.15, 0.2) is 54.9 Å². The first-order valence-electron chi connectivity index (χ1n) is 9.36. The lowest BCUT2D eigenvalue weighted by Gasteiger charge is -2.28. The van der Waals surface area contributed by atoms with Gasteiger partial charge in [-0.05, 0) is 43.7 Å². The fourth-order valence-electron chi connectivity index (χ4n) is 3.17. The number of ether oxygens (including phenoxy) is 2. The van der Waals surface area contributed by atoms with Crippen molar-refractivity contribution in [1.82, 2.24) is 15.1 Å². The van der Waals surface area contributed by atoms with Gasteiger partial charge in [0.25, 0.3) is 11.6 Å². The standard InChI is InChI=1S/C21H20N4O5/c1-21(2,15-3-8-18-19(11-15)30-10-9-29-18)23-20(26)14-12-22-24(13-14)16-4-6-17(7-5-16)25(27)28/h3-8,11-13H,9-10H2,1-2H3,(H,23,26). The van der Waals surface area contributed by atoms with E-state index in [9.17, 15) is 14.9 Å². The molecule has 0 spiro atoms. The number of hydrogen-bond donors (Lipinski definition) is 1. The zero-order valence-corrected chi connectivity index (χ0v) is 16.5. The van der Waals surface area contributed by atoms with Gasteiger partial charge < -0.3 is 14.8 Å². The summed E-state index contributed by atoms with van der Waals surface area (Å²) in [5, 5.41) is 18.0. The van der Waals surface area contributed by atoms with Gasteiger partial charge in [-0.3, -0.25) is 14.9 Å². The Labute approximate surface area is 172 Å². The summed E-state index contributed by atoms with van der Waals surface area (Å²) in [6.45, 7) is 4.81. The molecule has 2 aromatic carbocycles. The second-order valence-electron chi connectivity index (χ2n) is 7.38. The minimum Gasteiger partial charge on any atom is -0.486 e. The van der Waals surface area contributed by atoms with E-state index < -0.39 is 10.5 Å². The van der Waals surface area contributed by atoms with E-state index in [1.807, 2.05) is 32.0 Å². The summed E-state index contributed by atoms with van der Waals surface area (Å²) in [6.07, 6.45) is 3.03. The van der Waals surface area contributed by atoms with Crippen molar-refractivity contribution >= 4 is 11.6 Å². The minimum atomic E-state index is -0.664. The highest BCUT2D eigenvalue weighted by Crippen LogP contribution is 2.34. The number of non-ortho nitro benzene ring substituents is 1. The first kappa shape index (κ1) is 19.4. The highest BCUT2D eigenvalue weighted by molar-refractivity contribution is 5.94. The molecule has 9 heteroatoms. The van der Waals surface area contributed by atoms with E-state index in [-0.39, 0.29) is 11.6 Å². The van der Waals surface area contributed by atoms with E-state index in [0.29, 0.717) is 36.0 Å². The second kappa shape index (κ2) is 7.51. The van der Waals surface area contributed by atoms with Crippen LogP contribution in [0.2, 0.25) is 0 Å². The molecule has 1 aliphatic rings. The maximum atomic E-state index is 12.8. The SMILES string of the molecule is CC(C)(NC(=O)c1cnn(-c2ccc([N+](=O)[O-])cc2)c1)c1ccc2c(c1)OCCO2. The van der Waals surface area contributed by atoms with E-state index in [2.05, 4.69) is 10.4 Å². The van der Waals surface area contributed by atoms with Gasteiger partial charge in [-0.1, -0.05) is 6.07 Å². The molecule has 3 aromatic rings. The molecular weight excluding hydrogens is 388 g/mol. The Kier molecular flexibility index (Phi) is 4.86. The molecule has 0 saturated heterocycles. The molecule has 154 valence electrons. The molecule has 0 radical (unpaired) electrons. The minimum absolute atomic E-state index is 0.00921. The number of nitro groups is 1. The summed E-state index contributed by atoms with van der Waals surface area (Å²) in [7, 11) is 0. The second-order valence-corrected chi connectivity index (χ2v) is 7.38. The normalized spacial score (nSPS) is 13.0. The van der Waals surface area contributed by atoms with Gasteiger partial charge in [0, 0.05) is 18.3 Å². The average Bonchev–Trinajstić information content (AvgIpc) is 3.24. The van der Waals surface area contributed by atoms with Crippen LogP contribution in [-0.4, -0.2) is 33.8 Å². The van der Waals surface area contributed by atoms with Gasteiger partial charge in [0.2, 0.25) is 0 Å². The van der Waals surface area contributed by atoms with Crippen LogP contribution in [0, 0.1) is 10.1 Å². The first-order valence-corrected chi connectivity index (χ1v) is 9.36. The van der Waals surface area contributed by atoms with Gasteiger partial charge in [0.15, 0.2) is 11.5 Å². The van der Waals surface area contributed by atoms with Crippen molar-refractivity contribution in [2.24, 2.45) is 0 Å². The molecule has 1 N–H and O–H groups in total. The number of benzene rings is 2. The molecule has 30 heavy (non-hydrogen) atoms. The quantitative estimate of drug-likeness (QED) is 0.513. The summed E-state index contributed by atoms with van der Waals surface area (Å²) in [4.78, 5) is 23.1. The van der Waals surface area contributed by atoms with Gasteiger partial charge in [-0.2, -0.15) is 5.10 Å². The van der Waals surface area contributed by atoms with Crippen LogP contribution in [0.4, 0.5) is 5.69 Å². The number of aromatic nitrogens is 2. The van der Waals surface area contributed by atoms with Gasteiger partial charge in [0.1, 0.15) is 13.2 Å². The lowest BCUT2D eigenvalue weighted by Crippen LogP contribution is -2.41. The van der Waals surface area contributed by atoms with Crippen LogP contribution in [0.25, 0.3) is 5.69 Å². The zero-order chi connectivity index (χ0) is 21.3. The molecule has 1 aromatic heterocycles. The molecule has 2 heterocycles. The monoisotopic (exact) mass is 408 g/mol. The Morgan fingerprint density at radius 2 is 1.83 bits per heavy atom. The maximum absolute atomic E-state index is 12.8. The summed E-state index contributed by atoms with van der Waals surface area (Å²) in [6, 6.07) is 11.5. The lowest BCUT2D eigenvalue weighted by molar-refractivity contribution is -0.384. The Morgan fingerprint density at radius 3 is 2.53 bits per heavy atom. The molecule has 4 rings (SSSR count). The number of nitrogens with one attached hydrogen (secondary N) is 1. The molecule has 0 bridgehead atoms. The van der Waals surface area contributed by atoms with Crippen molar-refractivity contribution in [3.05, 3.63) is 76.1 Å². The van der Waals surface area contributed by atoms with Gasteiger partial charge in [-0.15, -0.1) is 0 Å². The van der Waals surface area contributed by atoms with Crippen molar-refractivity contribution in [2.45, 2.75) is 19.4 Å². The molecule has 0 atom stereocenters. The highest BCUT2D eigenvalue weighted by atomic mass is 16.6. The van der Waals surface area contributed by atoms with Gasteiger partial charge >= 0.3 is 0 Å². The largest absolute Gasteiger partial charge is 0.486 e. The van der Waals surface area contributed by atoms with E-state index in [1.165, 1.54) is 23.0 Å². The Morgan fingerprint density at radius 1 is 1.13 bits per heavy atom. The van der Waals surface area contributed by atoms with Crippen LogP contribution in [0.5, 0.6) is 11.5 Å². The molecule has 0 fully saturated rings. The van der Waals surface area contributed by atoms with Crippen molar-refractivity contribution in [2.75, 3.05) is 13.2 Å². The third-order valence-corrected chi connectivity index (χ3v) is 4.86. The molecule has 1 aliphatic heterocycles. The van der Waals surface area contributed by atoms with Crippen molar-refractivity contribution < 1.29 is 19.2 Å². The number of fused-ring (bicyclic) bond motifs is 1. The van der Waals surface area contributed by atoms with E-state index in [4.69, 9.17) is 9.47 Å². The number of carbonyl (C=O) groups excluding carboxylic acids is 1. The molecule has 1 amide bonds. The van der Waals surface area contributed by atoms with Crippen LogP contribution in [-0.2, 0) is 5.54 Å². The number of nitrogens with zero attached hydrogens (tertiary/aromatic N) is 3. The molecule has 9 nitrogen and oxygen atoms in total. The lowest BCUT2D eigenvalue weighted by atomic mass is 9.93. The number of carbonyl (C=O) groups is 1. The Bertz CT molecular complexity index is 1100. The summed E-state index contributed by atoms with van der Waals surface area (Å²) in [5.41, 5.74) is 1.19. The fraction of sp³-hybridized carbons (Fsp3) is 0.238. The van der Waals surface area contributed by atoms with Crippen molar-refractivity contribution in [3.63, 3.8) is 0 Å². The average molecular weight is 408 g/mol. The zero-order valence-electron chi connectivity index (χ0n) is 16.5. The predicted octanol–water partition coefficient (Wildman–Crippen LogP) is 3.22. The van der Waals surface area contributed by atoms with Crippen LogP contribution in [0.3, 0.4) is 0 Å². The first-order chi connectivity index (χ1) is 14.3. The van der Waals surface area contributed by atoms with Gasteiger partial charge in [0.05, 0.1) is 27.9 Å². The predicted molar refractivity (Wildman–Crippen MR) is 108 cm³/mol. The maximum Gasteiger partial charge on any atom is 0.269 e. The highest BCUT2D eigenvalue weighted by Gasteiger charge is 2.26. The Balaban J connectivity index is 1.50. The molecule has 0 aliphatic carbocycles. The van der Waals surface area contributed by atoms with Crippen molar-refractivity contribution in [3.8, 4) is 17.2 Å². The molecular formula is C21H20N4O5. The van der Waals surface area contributed by atoms with E-state index >= 15 is 0 Å². The van der Waals surface area contributed by atoms with Crippen LogP contribution >= 0.6 is 0 Å². The van der Waals surface area contributed by atoms with Crippen LogP contribution in [0.1, 0.15) is 29.8 Å². The van der Waals surface area contributed by atoms with E-state index in [1.54, 1.807) is 18.3 Å². The van der Waals surface area contributed by atoms with E-state index in [0.717, 1.165) is 5.56 Å². The topological polar surface area (TPSA) is 109 Å².